The van der Waals surface area contributed by atoms with E-state index in [1.54, 1.807) is 0 Å². The summed E-state index contributed by atoms with van der Waals surface area (Å²) in [5, 5.41) is 0.307. The molecule has 1 heterocycles. The van der Waals surface area contributed by atoms with E-state index in [1.807, 2.05) is 0 Å². The second-order valence-corrected chi connectivity index (χ2v) is 4.04. The minimum Gasteiger partial charge on any atom is -0.378 e. The molecule has 2 nitrogen and oxygen atoms in total. The summed E-state index contributed by atoms with van der Waals surface area (Å²) in [6.07, 6.45) is -4.33. The lowest BCUT2D eigenvalue weighted by molar-refractivity contribution is -0.138. The molecule has 0 aliphatic carbocycles. The molecular weight excluding hydrogens is 225 g/mol. The van der Waals surface area contributed by atoms with Crippen molar-refractivity contribution in [2.45, 2.75) is 11.9 Å². The first-order valence-corrected chi connectivity index (χ1v) is 5.13. The molecule has 80 valence electrons. The minimum atomic E-state index is -4.33. The fraction of sp³-hybridized carbons (Fsp3) is 0.222. The van der Waals surface area contributed by atoms with Crippen molar-refractivity contribution in [2.24, 2.45) is 10.7 Å². The van der Waals surface area contributed by atoms with Crippen molar-refractivity contribution in [3.05, 3.63) is 29.3 Å². The van der Waals surface area contributed by atoms with Crippen molar-refractivity contribution in [1.82, 2.24) is 0 Å². The lowest BCUT2D eigenvalue weighted by Gasteiger charge is -2.17. The smallest absolute Gasteiger partial charge is 0.378 e. The Kier molecular flexibility index (Phi) is 2.38. The van der Waals surface area contributed by atoms with Crippen LogP contribution in [-0.4, -0.2) is 5.17 Å². The van der Waals surface area contributed by atoms with Crippen molar-refractivity contribution < 1.29 is 13.2 Å². The van der Waals surface area contributed by atoms with Crippen LogP contribution >= 0.6 is 11.8 Å². The standard InChI is InChI=1S/C9H7F3N2S/c10-9(11,12)6-2-1-3-7-5(6)4-15-8(13)14-7/h1-3H,4H2,(H2,13,14). The van der Waals surface area contributed by atoms with Crippen LogP contribution in [0.5, 0.6) is 0 Å². The number of amidine groups is 1. The zero-order valence-corrected chi connectivity index (χ0v) is 8.32. The van der Waals surface area contributed by atoms with Gasteiger partial charge >= 0.3 is 6.18 Å². The number of aliphatic imine (C=N–C) groups is 1. The molecule has 0 unspecified atom stereocenters. The summed E-state index contributed by atoms with van der Waals surface area (Å²) in [7, 11) is 0. The Morgan fingerprint density at radius 2 is 2.07 bits per heavy atom. The number of halogens is 3. The van der Waals surface area contributed by atoms with Gasteiger partial charge < -0.3 is 5.73 Å². The highest BCUT2D eigenvalue weighted by atomic mass is 32.2. The van der Waals surface area contributed by atoms with Crippen LogP contribution in [0.15, 0.2) is 23.2 Å². The number of alkyl halides is 3. The number of hydrogen-bond donors (Lipinski definition) is 1. The average molecular weight is 232 g/mol. The first-order chi connectivity index (χ1) is 6.98. The van der Waals surface area contributed by atoms with Gasteiger partial charge in [-0.3, -0.25) is 0 Å². The fourth-order valence-corrected chi connectivity index (χ4v) is 2.15. The monoisotopic (exact) mass is 232 g/mol. The summed E-state index contributed by atoms with van der Waals surface area (Å²) in [6.45, 7) is 0. The van der Waals surface area contributed by atoms with Crippen LogP contribution < -0.4 is 5.73 Å². The summed E-state index contributed by atoms with van der Waals surface area (Å²) in [5.74, 6) is 0.223. The topological polar surface area (TPSA) is 38.4 Å². The van der Waals surface area contributed by atoms with E-state index in [4.69, 9.17) is 5.73 Å². The molecule has 2 N–H and O–H groups in total. The molecule has 0 saturated carbocycles. The van der Waals surface area contributed by atoms with E-state index in [0.29, 0.717) is 10.9 Å². The van der Waals surface area contributed by atoms with Crippen LogP contribution in [-0.2, 0) is 11.9 Å². The highest BCUT2D eigenvalue weighted by molar-refractivity contribution is 8.13. The Hall–Kier alpha value is -1.17. The van der Waals surface area contributed by atoms with Gasteiger partial charge in [0.1, 0.15) is 0 Å². The van der Waals surface area contributed by atoms with Crippen molar-refractivity contribution in [3.63, 3.8) is 0 Å². The van der Waals surface area contributed by atoms with Crippen LogP contribution in [0.4, 0.5) is 18.9 Å². The van der Waals surface area contributed by atoms with Crippen molar-refractivity contribution in [1.29, 1.82) is 0 Å². The van der Waals surface area contributed by atoms with Gasteiger partial charge in [-0.25, -0.2) is 4.99 Å². The van der Waals surface area contributed by atoms with E-state index in [1.165, 1.54) is 12.1 Å². The average Bonchev–Trinajstić information content (AvgIpc) is 2.15. The predicted octanol–water partition coefficient (Wildman–Crippen LogP) is 2.90. The van der Waals surface area contributed by atoms with E-state index in [9.17, 15) is 13.2 Å². The number of thioether (sulfide) groups is 1. The van der Waals surface area contributed by atoms with Gasteiger partial charge in [0.05, 0.1) is 11.3 Å². The Balaban J connectivity index is 2.57. The lowest BCUT2D eigenvalue weighted by Crippen LogP contribution is -2.14. The highest BCUT2D eigenvalue weighted by Crippen LogP contribution is 2.39. The summed E-state index contributed by atoms with van der Waals surface area (Å²) in [4.78, 5) is 3.88. The molecule has 2 rings (SSSR count). The lowest BCUT2D eigenvalue weighted by atomic mass is 10.1. The number of benzene rings is 1. The molecule has 0 amide bonds. The first-order valence-electron chi connectivity index (χ1n) is 4.14. The third kappa shape index (κ3) is 1.94. The van der Waals surface area contributed by atoms with E-state index in [-0.39, 0.29) is 11.3 Å². The molecule has 15 heavy (non-hydrogen) atoms. The zero-order valence-electron chi connectivity index (χ0n) is 7.51. The van der Waals surface area contributed by atoms with Gasteiger partial charge in [-0.1, -0.05) is 17.8 Å². The fourth-order valence-electron chi connectivity index (χ4n) is 1.39. The van der Waals surface area contributed by atoms with Gasteiger partial charge in [0.25, 0.3) is 0 Å². The maximum absolute atomic E-state index is 12.6. The summed E-state index contributed by atoms with van der Waals surface area (Å²) in [5.41, 5.74) is 5.35. The molecule has 0 fully saturated rings. The second kappa shape index (κ2) is 3.44. The van der Waals surface area contributed by atoms with Gasteiger partial charge in [0.15, 0.2) is 5.17 Å². The van der Waals surface area contributed by atoms with Gasteiger partial charge in [-0.15, -0.1) is 0 Å². The SMILES string of the molecule is NC1=Nc2cccc(C(F)(F)F)c2CS1. The third-order valence-corrected chi connectivity index (χ3v) is 2.87. The first kappa shape index (κ1) is 10.4. The van der Waals surface area contributed by atoms with E-state index < -0.39 is 11.7 Å². The quantitative estimate of drug-likeness (QED) is 0.746. The van der Waals surface area contributed by atoms with E-state index >= 15 is 0 Å². The van der Waals surface area contributed by atoms with Crippen LogP contribution in [0.2, 0.25) is 0 Å². The normalized spacial score (nSPS) is 15.8. The maximum atomic E-state index is 12.6. The Labute approximate surface area is 88.4 Å². The van der Waals surface area contributed by atoms with Gasteiger partial charge in [0, 0.05) is 11.3 Å². The van der Waals surface area contributed by atoms with Crippen LogP contribution in [0.3, 0.4) is 0 Å². The zero-order chi connectivity index (χ0) is 11.1. The number of nitrogens with zero attached hydrogens (tertiary/aromatic N) is 1. The van der Waals surface area contributed by atoms with Gasteiger partial charge in [-0.2, -0.15) is 13.2 Å². The van der Waals surface area contributed by atoms with Crippen molar-refractivity contribution in [2.75, 3.05) is 0 Å². The highest BCUT2D eigenvalue weighted by Gasteiger charge is 2.34. The summed E-state index contributed by atoms with van der Waals surface area (Å²) >= 11 is 1.12. The second-order valence-electron chi connectivity index (χ2n) is 3.04. The molecular formula is C9H7F3N2S. The van der Waals surface area contributed by atoms with E-state index in [0.717, 1.165) is 17.8 Å². The molecule has 1 aromatic carbocycles. The molecule has 1 aromatic rings. The third-order valence-electron chi connectivity index (χ3n) is 2.05. The maximum Gasteiger partial charge on any atom is 0.416 e. The predicted molar refractivity (Wildman–Crippen MR) is 54.0 cm³/mol. The molecule has 1 aliphatic heterocycles. The molecule has 0 aromatic heterocycles. The van der Waals surface area contributed by atoms with Crippen LogP contribution in [0.25, 0.3) is 0 Å². The number of rotatable bonds is 0. The Morgan fingerprint density at radius 3 is 2.73 bits per heavy atom. The van der Waals surface area contributed by atoms with Crippen LogP contribution in [0, 0.1) is 0 Å². The largest absolute Gasteiger partial charge is 0.416 e. The molecule has 0 atom stereocenters. The Bertz CT molecular complexity index is 426. The summed E-state index contributed by atoms with van der Waals surface area (Å²) in [6, 6.07) is 3.95. The molecule has 0 bridgehead atoms. The molecule has 0 spiro atoms. The summed E-state index contributed by atoms with van der Waals surface area (Å²) < 4.78 is 37.8. The number of fused-ring (bicyclic) bond motifs is 1. The van der Waals surface area contributed by atoms with Gasteiger partial charge in [0.2, 0.25) is 0 Å². The Morgan fingerprint density at radius 1 is 1.33 bits per heavy atom. The number of hydrogen-bond acceptors (Lipinski definition) is 3. The van der Waals surface area contributed by atoms with Crippen molar-refractivity contribution >= 4 is 22.6 Å². The molecule has 0 radical (unpaired) electrons. The molecule has 6 heteroatoms. The molecule has 0 saturated heterocycles. The van der Waals surface area contributed by atoms with Crippen LogP contribution in [0.1, 0.15) is 11.1 Å². The van der Waals surface area contributed by atoms with Gasteiger partial charge in [-0.05, 0) is 12.1 Å². The van der Waals surface area contributed by atoms with Crippen molar-refractivity contribution in [3.8, 4) is 0 Å². The molecule has 1 aliphatic rings. The number of nitrogens with two attached hydrogens (primary N) is 1. The van der Waals surface area contributed by atoms with E-state index in [2.05, 4.69) is 4.99 Å². The minimum absolute atomic E-state index is 0.212.